The third kappa shape index (κ3) is 6.27. The summed E-state index contributed by atoms with van der Waals surface area (Å²) in [6.45, 7) is 0. The maximum atomic E-state index is 5.36. The minimum atomic E-state index is 0.794. The van der Waals surface area contributed by atoms with Gasteiger partial charge in [-0.15, -0.1) is 10.2 Å². The molecule has 11 aromatic rings. The molecule has 0 N–H and O–H groups in total. The molecule has 6 aromatic carbocycles. The zero-order valence-corrected chi connectivity index (χ0v) is 31.7. The van der Waals surface area contributed by atoms with Crippen LogP contribution < -0.4 is 0 Å². The summed E-state index contributed by atoms with van der Waals surface area (Å²) in [4.78, 5) is 21.3. The Kier molecular flexibility index (Phi) is 8.33. The van der Waals surface area contributed by atoms with Gasteiger partial charge >= 0.3 is 0 Å². The Hall–Kier alpha value is -8.16. The fraction of sp³-hybridized carbons (Fsp3) is 0. The maximum absolute atomic E-state index is 5.36. The van der Waals surface area contributed by atoms with E-state index in [4.69, 9.17) is 20.2 Å². The van der Waals surface area contributed by atoms with Gasteiger partial charge < -0.3 is 0 Å². The van der Waals surface area contributed by atoms with Crippen LogP contribution in [0.4, 0.5) is 0 Å². The second-order valence-electron chi connectivity index (χ2n) is 14.4. The Balaban J connectivity index is 1.10. The largest absolute Gasteiger partial charge is 0.255 e. The molecule has 0 atom stereocenters. The van der Waals surface area contributed by atoms with E-state index in [0.29, 0.717) is 0 Å². The van der Waals surface area contributed by atoms with Gasteiger partial charge in [0, 0.05) is 39.7 Å². The van der Waals surface area contributed by atoms with Gasteiger partial charge in [0.25, 0.3) is 0 Å². The summed E-state index contributed by atoms with van der Waals surface area (Å²) in [5, 5.41) is 13.5. The van der Waals surface area contributed by atoms with E-state index >= 15 is 0 Å². The van der Waals surface area contributed by atoms with Gasteiger partial charge in [0.2, 0.25) is 0 Å². The van der Waals surface area contributed by atoms with Crippen molar-refractivity contribution in [3.8, 4) is 73.1 Å². The van der Waals surface area contributed by atoms with Gasteiger partial charge in [-0.05, 0) is 94.5 Å². The van der Waals surface area contributed by atoms with Crippen LogP contribution in [-0.4, -0.2) is 34.9 Å². The second-order valence-corrected chi connectivity index (χ2v) is 14.4. The lowest BCUT2D eigenvalue weighted by Crippen LogP contribution is -1.97. The number of para-hydroxylation sites is 1. The zero-order chi connectivity index (χ0) is 39.1. The van der Waals surface area contributed by atoms with Gasteiger partial charge in [0.1, 0.15) is 11.0 Å². The molecule has 0 aliphatic rings. The average molecular weight is 756 g/mol. The first-order valence-corrected chi connectivity index (χ1v) is 19.5. The van der Waals surface area contributed by atoms with Crippen molar-refractivity contribution < 1.29 is 0 Å². The minimum Gasteiger partial charge on any atom is -0.255 e. The first kappa shape index (κ1) is 34.1. The van der Waals surface area contributed by atoms with Crippen LogP contribution >= 0.6 is 0 Å². The van der Waals surface area contributed by atoms with Crippen molar-refractivity contribution in [3.63, 3.8) is 0 Å². The quantitative estimate of drug-likeness (QED) is 0.151. The monoisotopic (exact) mass is 755 g/mol. The van der Waals surface area contributed by atoms with Gasteiger partial charge in [-0.3, -0.25) is 9.97 Å². The zero-order valence-electron chi connectivity index (χ0n) is 31.7. The number of rotatable bonds is 7. The molecule has 11 rings (SSSR count). The van der Waals surface area contributed by atoms with E-state index < -0.39 is 0 Å². The Morgan fingerprint density at radius 2 is 0.915 bits per heavy atom. The smallest absolute Gasteiger partial charge is 0.122 e. The predicted molar refractivity (Wildman–Crippen MR) is 238 cm³/mol. The van der Waals surface area contributed by atoms with Crippen LogP contribution in [0.1, 0.15) is 0 Å². The highest BCUT2D eigenvalue weighted by Gasteiger charge is 2.21. The molecule has 0 bridgehead atoms. The number of pyridine rings is 4. The second kappa shape index (κ2) is 14.4. The van der Waals surface area contributed by atoms with Crippen LogP contribution in [0.2, 0.25) is 0 Å². The lowest BCUT2D eigenvalue weighted by atomic mass is 9.92. The predicted octanol–water partition coefficient (Wildman–Crippen LogP) is 12.3. The summed E-state index contributed by atoms with van der Waals surface area (Å²) in [6.07, 6.45) is 3.59. The Labute approximate surface area is 340 Å². The Bertz CT molecular complexity index is 3220. The normalized spacial score (nSPS) is 11.4. The molecule has 0 aliphatic carbocycles. The summed E-state index contributed by atoms with van der Waals surface area (Å²) < 4.78 is 0. The van der Waals surface area contributed by atoms with Gasteiger partial charge in [-0.1, -0.05) is 121 Å². The standard InChI is InChI=1S/C52H33N7/c1-4-14-36(15-5-1)41-33-43-49(52-51(41)57-59(58-52)40-18-8-3-9-19-40)42-30-38(26-27-44(42)56-50(43)37-16-6-2-7-17-37)34-22-24-35(25-23-34)39-31-47(45-20-10-12-28-53-45)55-48(32-39)46-21-11-13-29-54-46/h1-33H. The van der Waals surface area contributed by atoms with E-state index in [1.54, 1.807) is 17.2 Å². The highest BCUT2D eigenvalue weighted by atomic mass is 15.5. The average Bonchev–Trinajstić information content (AvgIpc) is 3.78. The molecule has 59 heavy (non-hydrogen) atoms. The van der Waals surface area contributed by atoms with Crippen molar-refractivity contribution in [2.75, 3.05) is 0 Å². The molecule has 0 fully saturated rings. The van der Waals surface area contributed by atoms with E-state index in [9.17, 15) is 0 Å². The van der Waals surface area contributed by atoms with Gasteiger partial charge in [-0.25, -0.2) is 9.97 Å². The van der Waals surface area contributed by atoms with E-state index in [2.05, 4.69) is 119 Å². The molecule has 0 saturated heterocycles. The summed E-state index contributed by atoms with van der Waals surface area (Å²) in [6, 6.07) is 64.4. The van der Waals surface area contributed by atoms with Crippen molar-refractivity contribution in [2.24, 2.45) is 0 Å². The number of nitrogens with zero attached hydrogens (tertiary/aromatic N) is 7. The SMILES string of the molecule is c1ccc(-c2nc3ccc(-c4ccc(-c5cc(-c6ccccn6)nc(-c6ccccn6)c5)cc4)cc3c3c2cc(-c2ccccc2)c2nn(-c4ccccc4)nc23)cc1. The first-order chi connectivity index (χ1) is 29.2. The van der Waals surface area contributed by atoms with Crippen molar-refractivity contribution in [1.29, 1.82) is 0 Å². The molecular formula is C52H33N7. The molecule has 7 heteroatoms. The van der Waals surface area contributed by atoms with Crippen LogP contribution in [0.25, 0.3) is 106 Å². The fourth-order valence-electron chi connectivity index (χ4n) is 7.90. The number of hydrogen-bond donors (Lipinski definition) is 0. The topological polar surface area (TPSA) is 82.3 Å². The van der Waals surface area contributed by atoms with Crippen LogP contribution in [0.5, 0.6) is 0 Å². The molecule has 276 valence electrons. The van der Waals surface area contributed by atoms with Crippen LogP contribution in [0.15, 0.2) is 200 Å². The molecule has 7 nitrogen and oxygen atoms in total. The van der Waals surface area contributed by atoms with Crippen molar-refractivity contribution >= 4 is 32.7 Å². The molecule has 0 aliphatic heterocycles. The van der Waals surface area contributed by atoms with E-state index in [1.807, 2.05) is 78.9 Å². The first-order valence-electron chi connectivity index (χ1n) is 19.5. The lowest BCUT2D eigenvalue weighted by Gasteiger charge is -2.14. The minimum absolute atomic E-state index is 0.794. The van der Waals surface area contributed by atoms with Crippen LogP contribution in [0.3, 0.4) is 0 Å². The van der Waals surface area contributed by atoms with Crippen molar-refractivity contribution in [2.45, 2.75) is 0 Å². The van der Waals surface area contributed by atoms with Gasteiger partial charge in [-0.2, -0.15) is 4.80 Å². The van der Waals surface area contributed by atoms with E-state index in [0.717, 1.165) is 106 Å². The molecule has 0 amide bonds. The van der Waals surface area contributed by atoms with Crippen molar-refractivity contribution in [3.05, 3.63) is 200 Å². The van der Waals surface area contributed by atoms with Crippen molar-refractivity contribution in [1.82, 2.24) is 34.9 Å². The van der Waals surface area contributed by atoms with Crippen LogP contribution in [0, 0.1) is 0 Å². The number of benzene rings is 6. The third-order valence-corrected chi connectivity index (χ3v) is 10.8. The Morgan fingerprint density at radius 1 is 0.356 bits per heavy atom. The van der Waals surface area contributed by atoms with Crippen LogP contribution in [-0.2, 0) is 0 Å². The summed E-state index contributed by atoms with van der Waals surface area (Å²) >= 11 is 0. The summed E-state index contributed by atoms with van der Waals surface area (Å²) in [5.41, 5.74) is 15.0. The molecule has 0 spiro atoms. The fourth-order valence-corrected chi connectivity index (χ4v) is 7.90. The van der Waals surface area contributed by atoms with Gasteiger partial charge in [0.15, 0.2) is 0 Å². The highest BCUT2D eigenvalue weighted by molar-refractivity contribution is 6.23. The third-order valence-electron chi connectivity index (χ3n) is 10.8. The molecule has 0 unspecified atom stereocenters. The highest BCUT2D eigenvalue weighted by Crippen LogP contribution is 2.42. The Morgan fingerprint density at radius 3 is 1.54 bits per heavy atom. The molecular weight excluding hydrogens is 723 g/mol. The summed E-state index contributed by atoms with van der Waals surface area (Å²) in [5.74, 6) is 0. The van der Waals surface area contributed by atoms with E-state index in [1.165, 1.54) is 0 Å². The maximum Gasteiger partial charge on any atom is 0.122 e. The lowest BCUT2D eigenvalue weighted by molar-refractivity contribution is 0.766. The molecule has 0 radical (unpaired) electrons. The molecule has 5 aromatic heterocycles. The number of hydrogen-bond acceptors (Lipinski definition) is 6. The number of aromatic nitrogens is 7. The number of fused-ring (bicyclic) bond motifs is 5. The van der Waals surface area contributed by atoms with Gasteiger partial charge in [0.05, 0.1) is 39.7 Å². The molecule has 0 saturated carbocycles. The van der Waals surface area contributed by atoms with E-state index in [-0.39, 0.29) is 0 Å². The summed E-state index contributed by atoms with van der Waals surface area (Å²) in [7, 11) is 0. The molecule has 5 heterocycles.